The number of carbonyl (C=O) groups is 2. The highest BCUT2D eigenvalue weighted by molar-refractivity contribution is 5.78. The summed E-state index contributed by atoms with van der Waals surface area (Å²) >= 11 is 0. The molecule has 2 heterocycles. The quantitative estimate of drug-likeness (QED) is 0.796. The van der Waals surface area contributed by atoms with Crippen LogP contribution in [0.15, 0.2) is 0 Å². The van der Waals surface area contributed by atoms with Gasteiger partial charge in [-0.1, -0.05) is 0 Å². The molecule has 6 heteroatoms. The lowest BCUT2D eigenvalue weighted by Crippen LogP contribution is -2.60. The highest BCUT2D eigenvalue weighted by Gasteiger charge is 2.53. The van der Waals surface area contributed by atoms with Gasteiger partial charge in [-0.05, 0) is 40.0 Å². The van der Waals surface area contributed by atoms with Crippen LogP contribution in [0, 0.1) is 5.41 Å². The smallest absolute Gasteiger partial charge is 0.410 e. The average molecular weight is 285 g/mol. The molecule has 0 saturated carbocycles. The number of hydrogen-bond acceptors (Lipinski definition) is 4. The van der Waals surface area contributed by atoms with Gasteiger partial charge in [-0.15, -0.1) is 0 Å². The highest BCUT2D eigenvalue weighted by Crippen LogP contribution is 2.40. The first-order valence-electron chi connectivity index (χ1n) is 7.07. The summed E-state index contributed by atoms with van der Waals surface area (Å²) in [6.45, 7) is 6.65. The third-order valence-corrected chi connectivity index (χ3v) is 3.91. The van der Waals surface area contributed by atoms with Crippen LogP contribution in [0.2, 0.25) is 0 Å². The second-order valence-corrected chi connectivity index (χ2v) is 6.61. The first-order chi connectivity index (χ1) is 9.24. The van der Waals surface area contributed by atoms with Gasteiger partial charge in [-0.25, -0.2) is 4.79 Å². The van der Waals surface area contributed by atoms with E-state index in [0.29, 0.717) is 32.4 Å². The van der Waals surface area contributed by atoms with E-state index in [4.69, 9.17) is 9.47 Å². The Bertz CT molecular complexity index is 403. The van der Waals surface area contributed by atoms with Gasteiger partial charge in [-0.2, -0.15) is 0 Å². The van der Waals surface area contributed by atoms with Crippen molar-refractivity contribution in [3.05, 3.63) is 0 Å². The topological polar surface area (TPSA) is 76.1 Å². The summed E-state index contributed by atoms with van der Waals surface area (Å²) in [5.74, 6) is -0.879. The molecule has 1 N–H and O–H groups in total. The molecule has 0 aliphatic carbocycles. The second-order valence-electron chi connectivity index (χ2n) is 6.61. The van der Waals surface area contributed by atoms with E-state index < -0.39 is 23.1 Å². The second kappa shape index (κ2) is 5.24. The maximum absolute atomic E-state index is 12.1. The zero-order valence-electron chi connectivity index (χ0n) is 12.3. The van der Waals surface area contributed by atoms with Crippen LogP contribution in [0.3, 0.4) is 0 Å². The van der Waals surface area contributed by atoms with E-state index in [2.05, 4.69) is 0 Å². The first kappa shape index (κ1) is 15.1. The number of carbonyl (C=O) groups excluding carboxylic acids is 1. The summed E-state index contributed by atoms with van der Waals surface area (Å²) in [6, 6.07) is 0. The molecule has 0 radical (unpaired) electrons. The van der Waals surface area contributed by atoms with Crippen molar-refractivity contribution in [2.24, 2.45) is 5.41 Å². The minimum absolute atomic E-state index is 0.169. The number of rotatable bonds is 1. The van der Waals surface area contributed by atoms with Crippen molar-refractivity contribution < 1.29 is 24.2 Å². The third kappa shape index (κ3) is 2.90. The maximum Gasteiger partial charge on any atom is 0.410 e. The Morgan fingerprint density at radius 2 is 2.10 bits per heavy atom. The predicted octanol–water partition coefficient (Wildman–Crippen LogP) is 1.88. The van der Waals surface area contributed by atoms with E-state index in [1.165, 1.54) is 4.90 Å². The highest BCUT2D eigenvalue weighted by atomic mass is 16.6. The molecule has 0 spiro atoms. The van der Waals surface area contributed by atoms with Crippen molar-refractivity contribution in [3.8, 4) is 0 Å². The third-order valence-electron chi connectivity index (χ3n) is 3.91. The largest absolute Gasteiger partial charge is 0.481 e. The minimum Gasteiger partial charge on any atom is -0.481 e. The Hall–Kier alpha value is -1.30. The molecule has 2 atom stereocenters. The van der Waals surface area contributed by atoms with Crippen molar-refractivity contribution in [3.63, 3.8) is 0 Å². The van der Waals surface area contributed by atoms with Crippen molar-refractivity contribution in [1.29, 1.82) is 0 Å². The van der Waals surface area contributed by atoms with E-state index in [9.17, 15) is 14.7 Å². The number of carboxylic acids is 1. The van der Waals surface area contributed by atoms with E-state index >= 15 is 0 Å². The van der Waals surface area contributed by atoms with E-state index in [0.717, 1.165) is 0 Å². The molecular formula is C14H23NO5. The Kier molecular flexibility index (Phi) is 3.95. The summed E-state index contributed by atoms with van der Waals surface area (Å²) in [4.78, 5) is 25.3. The number of hydrogen-bond donors (Lipinski definition) is 1. The van der Waals surface area contributed by atoms with Gasteiger partial charge in [0.25, 0.3) is 0 Å². The average Bonchev–Trinajstić information content (AvgIpc) is 2.35. The zero-order valence-corrected chi connectivity index (χ0v) is 12.3. The van der Waals surface area contributed by atoms with E-state index in [-0.39, 0.29) is 12.6 Å². The van der Waals surface area contributed by atoms with Gasteiger partial charge in [-0.3, -0.25) is 4.79 Å². The van der Waals surface area contributed by atoms with Crippen LogP contribution in [0.4, 0.5) is 4.79 Å². The fourth-order valence-corrected chi connectivity index (χ4v) is 2.96. The lowest BCUT2D eigenvalue weighted by atomic mass is 9.72. The van der Waals surface area contributed by atoms with Crippen LogP contribution >= 0.6 is 0 Å². The summed E-state index contributed by atoms with van der Waals surface area (Å²) in [5.41, 5.74) is -1.55. The number of ether oxygens (including phenoxy) is 2. The van der Waals surface area contributed by atoms with Gasteiger partial charge in [0.2, 0.25) is 0 Å². The number of likely N-dealkylation sites (tertiary alicyclic amines) is 1. The molecule has 2 rings (SSSR count). The molecule has 0 bridgehead atoms. The number of aliphatic carboxylic acids is 1. The molecule has 0 aromatic carbocycles. The Morgan fingerprint density at radius 1 is 1.40 bits per heavy atom. The molecule has 2 aliphatic rings. The zero-order chi connectivity index (χ0) is 15.0. The van der Waals surface area contributed by atoms with Crippen molar-refractivity contribution in [2.45, 2.75) is 51.7 Å². The molecule has 0 aromatic heterocycles. The normalized spacial score (nSPS) is 30.6. The molecule has 114 valence electrons. The van der Waals surface area contributed by atoms with Gasteiger partial charge < -0.3 is 19.5 Å². The van der Waals surface area contributed by atoms with E-state index in [1.54, 1.807) is 20.8 Å². The van der Waals surface area contributed by atoms with Crippen molar-refractivity contribution in [2.75, 3.05) is 19.7 Å². The van der Waals surface area contributed by atoms with Crippen molar-refractivity contribution in [1.82, 2.24) is 4.90 Å². The van der Waals surface area contributed by atoms with Gasteiger partial charge >= 0.3 is 12.1 Å². The fraction of sp³-hybridized carbons (Fsp3) is 0.857. The SMILES string of the molecule is CC(C)(C)OC(=O)N1CC[C@H]2OCCC[C@@]2(C(=O)O)C1. The molecule has 1 amide bonds. The molecule has 6 nitrogen and oxygen atoms in total. The Labute approximate surface area is 119 Å². The van der Waals surface area contributed by atoms with Crippen LogP contribution in [0.1, 0.15) is 40.0 Å². The van der Waals surface area contributed by atoms with Crippen LogP contribution in [-0.4, -0.2) is 53.5 Å². The van der Waals surface area contributed by atoms with Crippen LogP contribution in [0.5, 0.6) is 0 Å². The molecule has 0 aromatic rings. The Morgan fingerprint density at radius 3 is 2.70 bits per heavy atom. The summed E-state index contributed by atoms with van der Waals surface area (Å²) in [6.07, 6.45) is 1.07. The lowest BCUT2D eigenvalue weighted by molar-refractivity contribution is -0.177. The van der Waals surface area contributed by atoms with E-state index in [1.807, 2.05) is 0 Å². The number of fused-ring (bicyclic) bond motifs is 1. The number of nitrogens with zero attached hydrogens (tertiary/aromatic N) is 1. The first-order valence-corrected chi connectivity index (χ1v) is 7.07. The molecular weight excluding hydrogens is 262 g/mol. The van der Waals surface area contributed by atoms with Gasteiger partial charge in [0.05, 0.1) is 6.10 Å². The fourth-order valence-electron chi connectivity index (χ4n) is 2.96. The Balaban J connectivity index is 2.12. The van der Waals surface area contributed by atoms with Crippen molar-refractivity contribution >= 4 is 12.1 Å². The monoisotopic (exact) mass is 285 g/mol. The summed E-state index contributed by atoms with van der Waals surface area (Å²) in [7, 11) is 0. The van der Waals surface area contributed by atoms with Crippen LogP contribution < -0.4 is 0 Å². The number of carboxylic acid groups (broad SMARTS) is 1. The predicted molar refractivity (Wildman–Crippen MR) is 71.5 cm³/mol. The molecule has 2 fully saturated rings. The summed E-state index contributed by atoms with van der Waals surface area (Å²) in [5, 5.41) is 9.60. The maximum atomic E-state index is 12.1. The number of amides is 1. The van der Waals surface area contributed by atoms with Gasteiger partial charge in [0.1, 0.15) is 11.0 Å². The molecule has 2 saturated heterocycles. The molecule has 2 aliphatic heterocycles. The number of piperidine rings is 1. The van der Waals surface area contributed by atoms with Crippen LogP contribution in [-0.2, 0) is 14.3 Å². The standard InChI is InChI=1S/C14H23NO5/c1-13(2,3)20-12(18)15-7-5-10-14(9-15,11(16)17)6-4-8-19-10/h10H,4-9H2,1-3H3,(H,16,17)/t10-,14-/m1/s1. The molecule has 20 heavy (non-hydrogen) atoms. The van der Waals surface area contributed by atoms with Crippen LogP contribution in [0.25, 0.3) is 0 Å². The summed E-state index contributed by atoms with van der Waals surface area (Å²) < 4.78 is 11.0. The minimum atomic E-state index is -0.979. The molecule has 0 unspecified atom stereocenters. The lowest BCUT2D eigenvalue weighted by Gasteiger charge is -2.47. The van der Waals surface area contributed by atoms with Gasteiger partial charge in [0.15, 0.2) is 0 Å². The van der Waals surface area contributed by atoms with Gasteiger partial charge in [0, 0.05) is 19.7 Å².